The van der Waals surface area contributed by atoms with Crippen molar-refractivity contribution in [1.82, 2.24) is 4.57 Å². The van der Waals surface area contributed by atoms with Gasteiger partial charge in [-0.25, -0.2) is 0 Å². The van der Waals surface area contributed by atoms with E-state index >= 15 is 0 Å². The van der Waals surface area contributed by atoms with Crippen molar-refractivity contribution in [3.8, 4) is 11.5 Å². The summed E-state index contributed by atoms with van der Waals surface area (Å²) in [5.41, 5.74) is 3.86. The number of fused-ring (bicyclic) bond motifs is 2. The highest BCUT2D eigenvalue weighted by Crippen LogP contribution is 2.51. The van der Waals surface area contributed by atoms with Crippen LogP contribution in [0.2, 0.25) is 0 Å². The molecular weight excluding hydrogens is 416 g/mol. The van der Waals surface area contributed by atoms with Crippen LogP contribution in [0.5, 0.6) is 11.5 Å². The van der Waals surface area contributed by atoms with Gasteiger partial charge < -0.3 is 24.1 Å². The normalized spacial score (nSPS) is 20.9. The molecule has 1 aromatic heterocycles. The molecule has 1 saturated heterocycles. The highest BCUT2D eigenvalue weighted by atomic mass is 16.7. The smallest absolute Gasteiger partial charge is 0.235 e. The Bertz CT molecular complexity index is 1240. The first-order valence-electron chi connectivity index (χ1n) is 11.8. The molecule has 1 atom stereocenters. The number of amides is 1. The van der Waals surface area contributed by atoms with Crippen LogP contribution in [-0.2, 0) is 20.4 Å². The second kappa shape index (κ2) is 7.26. The summed E-state index contributed by atoms with van der Waals surface area (Å²) >= 11 is 0. The van der Waals surface area contributed by atoms with Crippen LogP contribution in [0.25, 0.3) is 10.9 Å². The molecule has 0 spiro atoms. The maximum Gasteiger partial charge on any atom is 0.235 e. The largest absolute Gasteiger partial charge is 0.454 e. The van der Waals surface area contributed by atoms with Crippen LogP contribution < -0.4 is 14.8 Å². The Morgan fingerprint density at radius 2 is 1.88 bits per heavy atom. The van der Waals surface area contributed by atoms with Gasteiger partial charge in [0.05, 0.1) is 18.1 Å². The van der Waals surface area contributed by atoms with Gasteiger partial charge in [0.2, 0.25) is 12.7 Å². The van der Waals surface area contributed by atoms with Gasteiger partial charge in [-0.1, -0.05) is 26.8 Å². The molecule has 2 aromatic carbocycles. The fourth-order valence-electron chi connectivity index (χ4n) is 5.23. The molecule has 6 rings (SSSR count). The Morgan fingerprint density at radius 1 is 1.06 bits per heavy atom. The predicted octanol–water partition coefficient (Wildman–Crippen LogP) is 5.30. The van der Waals surface area contributed by atoms with Crippen LogP contribution in [0.4, 0.5) is 5.69 Å². The monoisotopic (exact) mass is 446 g/mol. The Hall–Kier alpha value is -2.99. The average molecular weight is 447 g/mol. The molecule has 3 aliphatic rings. The lowest BCUT2D eigenvalue weighted by Gasteiger charge is -2.25. The minimum atomic E-state index is -0.486. The summed E-state index contributed by atoms with van der Waals surface area (Å²) in [6.07, 6.45) is 2.71. The van der Waals surface area contributed by atoms with E-state index < -0.39 is 5.41 Å². The Labute approximate surface area is 193 Å². The lowest BCUT2D eigenvalue weighted by molar-refractivity contribution is -0.118. The molecule has 3 heterocycles. The van der Waals surface area contributed by atoms with E-state index in [1.807, 2.05) is 24.3 Å². The summed E-state index contributed by atoms with van der Waals surface area (Å²) in [6, 6.07) is 14.7. The van der Waals surface area contributed by atoms with Crippen molar-refractivity contribution >= 4 is 22.5 Å². The molecule has 1 unspecified atom stereocenters. The molecule has 2 fully saturated rings. The molecule has 1 saturated carbocycles. The van der Waals surface area contributed by atoms with Gasteiger partial charge in [-0.2, -0.15) is 0 Å². The highest BCUT2D eigenvalue weighted by Gasteiger charge is 2.51. The SMILES string of the molecule is CC(C)(C)c1cc2cc(NC(=O)C3(c4ccc5c(c4)OCO5)CC3)ccc2n1C1CCOC1. The lowest BCUT2D eigenvalue weighted by Crippen LogP contribution is -2.27. The van der Waals surface area contributed by atoms with E-state index in [0.29, 0.717) is 6.04 Å². The van der Waals surface area contributed by atoms with Gasteiger partial charge in [-0.05, 0) is 61.2 Å². The number of benzene rings is 2. The summed E-state index contributed by atoms with van der Waals surface area (Å²) in [7, 11) is 0. The van der Waals surface area contributed by atoms with E-state index in [4.69, 9.17) is 14.2 Å². The third kappa shape index (κ3) is 3.39. The zero-order chi connectivity index (χ0) is 22.8. The van der Waals surface area contributed by atoms with Crippen molar-refractivity contribution in [2.45, 2.75) is 56.9 Å². The number of carbonyl (C=O) groups excluding carboxylic acids is 1. The molecule has 6 nitrogen and oxygen atoms in total. The van der Waals surface area contributed by atoms with Crippen molar-refractivity contribution < 1.29 is 19.0 Å². The van der Waals surface area contributed by atoms with E-state index in [1.54, 1.807) is 0 Å². The van der Waals surface area contributed by atoms with E-state index in [1.165, 1.54) is 11.2 Å². The van der Waals surface area contributed by atoms with Crippen LogP contribution >= 0.6 is 0 Å². The zero-order valence-corrected chi connectivity index (χ0v) is 19.4. The molecule has 1 N–H and O–H groups in total. The molecule has 1 amide bonds. The number of nitrogens with one attached hydrogen (secondary N) is 1. The number of hydrogen-bond donors (Lipinski definition) is 1. The Morgan fingerprint density at radius 3 is 2.61 bits per heavy atom. The number of hydrogen-bond acceptors (Lipinski definition) is 4. The van der Waals surface area contributed by atoms with Crippen LogP contribution in [0.3, 0.4) is 0 Å². The zero-order valence-electron chi connectivity index (χ0n) is 19.4. The second-order valence-electron chi connectivity index (χ2n) is 10.5. The van der Waals surface area contributed by atoms with Crippen molar-refractivity contribution in [2.75, 3.05) is 25.3 Å². The molecule has 172 valence electrons. The van der Waals surface area contributed by atoms with Crippen LogP contribution in [0.15, 0.2) is 42.5 Å². The number of ether oxygens (including phenoxy) is 3. The van der Waals surface area contributed by atoms with Crippen LogP contribution in [0.1, 0.15) is 57.3 Å². The quantitative estimate of drug-likeness (QED) is 0.591. The van der Waals surface area contributed by atoms with Crippen molar-refractivity contribution in [3.63, 3.8) is 0 Å². The summed E-state index contributed by atoms with van der Waals surface area (Å²) < 4.78 is 19.1. The van der Waals surface area contributed by atoms with Gasteiger partial charge >= 0.3 is 0 Å². The molecule has 0 bridgehead atoms. The third-order valence-corrected chi connectivity index (χ3v) is 7.25. The highest BCUT2D eigenvalue weighted by molar-refractivity contribution is 6.02. The van der Waals surface area contributed by atoms with Gasteiger partial charge in [-0.3, -0.25) is 4.79 Å². The fraction of sp³-hybridized carbons (Fsp3) is 0.444. The number of carbonyl (C=O) groups is 1. The summed E-state index contributed by atoms with van der Waals surface area (Å²) in [5, 5.41) is 4.35. The first-order valence-corrected chi connectivity index (χ1v) is 11.8. The fourth-order valence-corrected chi connectivity index (χ4v) is 5.23. The number of rotatable bonds is 4. The molecular formula is C27H30N2O4. The molecule has 6 heteroatoms. The maximum atomic E-state index is 13.4. The number of aromatic nitrogens is 1. The maximum absolute atomic E-state index is 13.4. The lowest BCUT2D eigenvalue weighted by atomic mass is 9.91. The topological polar surface area (TPSA) is 61.7 Å². The predicted molar refractivity (Wildman–Crippen MR) is 127 cm³/mol. The minimum absolute atomic E-state index is 0.0163. The molecule has 2 aliphatic heterocycles. The van der Waals surface area contributed by atoms with E-state index in [-0.39, 0.29) is 18.1 Å². The molecule has 0 radical (unpaired) electrons. The average Bonchev–Trinajstić information content (AvgIpc) is 3.13. The van der Waals surface area contributed by atoms with Crippen molar-refractivity contribution in [2.24, 2.45) is 0 Å². The van der Waals surface area contributed by atoms with E-state index in [2.05, 4.69) is 48.9 Å². The van der Waals surface area contributed by atoms with Gasteiger partial charge in [0, 0.05) is 34.3 Å². The van der Waals surface area contributed by atoms with E-state index in [9.17, 15) is 4.79 Å². The van der Waals surface area contributed by atoms with Crippen molar-refractivity contribution in [3.05, 3.63) is 53.7 Å². The third-order valence-electron chi connectivity index (χ3n) is 7.25. The summed E-state index contributed by atoms with van der Waals surface area (Å²) in [6.45, 7) is 8.55. The second-order valence-corrected chi connectivity index (χ2v) is 10.5. The number of nitrogens with zero attached hydrogens (tertiary/aromatic N) is 1. The minimum Gasteiger partial charge on any atom is -0.454 e. The van der Waals surface area contributed by atoms with Crippen LogP contribution in [-0.4, -0.2) is 30.5 Å². The van der Waals surface area contributed by atoms with E-state index in [0.717, 1.165) is 60.6 Å². The number of anilines is 1. The first-order chi connectivity index (χ1) is 15.8. The van der Waals surface area contributed by atoms with Gasteiger partial charge in [0.15, 0.2) is 11.5 Å². The van der Waals surface area contributed by atoms with Gasteiger partial charge in [0.25, 0.3) is 0 Å². The molecule has 3 aromatic rings. The Balaban J connectivity index is 1.31. The molecule has 1 aliphatic carbocycles. The van der Waals surface area contributed by atoms with Gasteiger partial charge in [-0.15, -0.1) is 0 Å². The van der Waals surface area contributed by atoms with Gasteiger partial charge in [0.1, 0.15) is 0 Å². The molecule has 33 heavy (non-hydrogen) atoms. The van der Waals surface area contributed by atoms with Crippen molar-refractivity contribution in [1.29, 1.82) is 0 Å². The standard InChI is InChI=1S/C27H30N2O4/c1-26(2,3)24-13-17-12-19(5-6-21(17)29(24)20-8-11-31-15-20)28-25(30)27(9-10-27)18-4-7-22-23(14-18)33-16-32-22/h4-7,12-14,20H,8-11,15-16H2,1-3H3,(H,28,30). The van der Waals surface area contributed by atoms with Crippen LogP contribution in [0, 0.1) is 0 Å². The summed E-state index contributed by atoms with van der Waals surface area (Å²) in [4.78, 5) is 13.4. The summed E-state index contributed by atoms with van der Waals surface area (Å²) in [5.74, 6) is 1.51. The first kappa shape index (κ1) is 20.6. The Kier molecular flexibility index (Phi) is 4.53.